The zero-order valence-corrected chi connectivity index (χ0v) is 17.4. The first-order valence-electron chi connectivity index (χ1n) is 9.44. The van der Waals surface area contributed by atoms with Gasteiger partial charge in [0, 0.05) is 21.7 Å². The van der Waals surface area contributed by atoms with E-state index < -0.39 is 5.97 Å². The highest BCUT2D eigenvalue weighted by atomic mass is 32.1. The molecule has 0 bridgehead atoms. The van der Waals surface area contributed by atoms with Crippen molar-refractivity contribution >= 4 is 39.3 Å². The van der Waals surface area contributed by atoms with Gasteiger partial charge in [-0.1, -0.05) is 42.5 Å². The van der Waals surface area contributed by atoms with E-state index in [-0.39, 0.29) is 5.78 Å². The molecule has 0 aliphatic carbocycles. The topological polar surface area (TPSA) is 72.8 Å². The van der Waals surface area contributed by atoms with Gasteiger partial charge in [-0.2, -0.15) is 0 Å². The summed E-state index contributed by atoms with van der Waals surface area (Å²) in [5, 5.41) is 9.58. The number of ether oxygens (including phenoxy) is 2. The van der Waals surface area contributed by atoms with Gasteiger partial charge >= 0.3 is 5.97 Å². The fourth-order valence-electron chi connectivity index (χ4n) is 3.08. The smallest absolute Gasteiger partial charge is 0.328 e. The lowest BCUT2D eigenvalue weighted by molar-refractivity contribution is -0.131. The summed E-state index contributed by atoms with van der Waals surface area (Å²) in [6, 6.07) is 21.7. The molecule has 5 nitrogen and oxygen atoms in total. The largest absolute Gasteiger partial charge is 0.497 e. The molecule has 0 atom stereocenters. The summed E-state index contributed by atoms with van der Waals surface area (Å²) < 4.78 is 12.4. The second-order valence-electron chi connectivity index (χ2n) is 6.66. The Bertz CT molecular complexity index is 1270. The first kappa shape index (κ1) is 20.4. The van der Waals surface area contributed by atoms with Crippen LogP contribution >= 0.6 is 11.3 Å². The summed E-state index contributed by atoms with van der Waals surface area (Å²) in [4.78, 5) is 24.4. The zero-order chi connectivity index (χ0) is 21.8. The lowest BCUT2D eigenvalue weighted by atomic mass is 10.1. The van der Waals surface area contributed by atoms with Gasteiger partial charge in [0.15, 0.2) is 5.75 Å². The molecule has 4 rings (SSSR count). The number of thiophene rings is 1. The number of carbonyl (C=O) groups is 2. The number of benzene rings is 3. The van der Waals surface area contributed by atoms with Gasteiger partial charge in [0.1, 0.15) is 16.4 Å². The maximum atomic E-state index is 13.2. The number of carboxylic acid groups (broad SMARTS) is 1. The van der Waals surface area contributed by atoms with E-state index in [1.165, 1.54) is 17.4 Å². The number of carboxylic acids is 1. The summed E-state index contributed by atoms with van der Waals surface area (Å²) in [5.74, 6) is 0.616. The number of hydrogen-bond acceptors (Lipinski definition) is 5. The molecule has 0 aliphatic heterocycles. The van der Waals surface area contributed by atoms with Gasteiger partial charge in [0.2, 0.25) is 5.78 Å². The molecule has 31 heavy (non-hydrogen) atoms. The van der Waals surface area contributed by atoms with Crippen molar-refractivity contribution in [2.24, 2.45) is 0 Å². The molecule has 154 valence electrons. The monoisotopic (exact) mass is 430 g/mol. The predicted octanol–water partition coefficient (Wildman–Crippen LogP) is 6.03. The fourth-order valence-corrected chi connectivity index (χ4v) is 4.20. The molecule has 3 aromatic carbocycles. The third-order valence-electron chi connectivity index (χ3n) is 4.61. The third kappa shape index (κ3) is 4.49. The van der Waals surface area contributed by atoms with Crippen LogP contribution in [-0.2, 0) is 4.79 Å². The lowest BCUT2D eigenvalue weighted by Crippen LogP contribution is -2.00. The van der Waals surface area contributed by atoms with Gasteiger partial charge < -0.3 is 14.6 Å². The number of ketones is 1. The summed E-state index contributed by atoms with van der Waals surface area (Å²) in [7, 11) is 1.60. The van der Waals surface area contributed by atoms with Gasteiger partial charge in [0.25, 0.3) is 0 Å². The van der Waals surface area contributed by atoms with E-state index in [4.69, 9.17) is 14.6 Å². The van der Waals surface area contributed by atoms with Gasteiger partial charge in [-0.15, -0.1) is 11.3 Å². The van der Waals surface area contributed by atoms with Crippen LogP contribution in [0.5, 0.6) is 17.2 Å². The molecular weight excluding hydrogens is 412 g/mol. The van der Waals surface area contributed by atoms with E-state index in [9.17, 15) is 9.59 Å². The Morgan fingerprint density at radius 1 is 0.935 bits per heavy atom. The van der Waals surface area contributed by atoms with Crippen LogP contribution in [0.4, 0.5) is 0 Å². The Kier molecular flexibility index (Phi) is 5.82. The average Bonchev–Trinajstić information content (AvgIpc) is 3.16. The molecule has 6 heteroatoms. The molecule has 0 saturated carbocycles. The van der Waals surface area contributed by atoms with E-state index in [0.717, 1.165) is 21.7 Å². The summed E-state index contributed by atoms with van der Waals surface area (Å²) in [6.45, 7) is 0. The minimum absolute atomic E-state index is 0.114. The number of hydrogen-bond donors (Lipinski definition) is 1. The van der Waals surface area contributed by atoms with Crippen LogP contribution in [0.25, 0.3) is 16.2 Å². The van der Waals surface area contributed by atoms with Crippen molar-refractivity contribution in [2.45, 2.75) is 0 Å². The highest BCUT2D eigenvalue weighted by molar-refractivity contribution is 7.21. The molecule has 4 aromatic rings. The van der Waals surface area contributed by atoms with Crippen molar-refractivity contribution in [2.75, 3.05) is 7.11 Å². The van der Waals surface area contributed by atoms with Gasteiger partial charge in [-0.3, -0.25) is 4.79 Å². The Labute approximate surface area is 182 Å². The van der Waals surface area contributed by atoms with Crippen molar-refractivity contribution in [3.8, 4) is 17.2 Å². The average molecular weight is 430 g/mol. The Hall–Kier alpha value is -3.90. The Balaban J connectivity index is 1.74. The molecule has 1 heterocycles. The van der Waals surface area contributed by atoms with Crippen LogP contribution in [0, 0.1) is 0 Å². The van der Waals surface area contributed by atoms with Gasteiger partial charge in [-0.05, 0) is 42.0 Å². The highest BCUT2D eigenvalue weighted by Gasteiger charge is 2.22. The molecule has 0 aliphatic rings. The van der Waals surface area contributed by atoms with E-state index in [0.29, 0.717) is 27.7 Å². The van der Waals surface area contributed by atoms with E-state index >= 15 is 0 Å². The summed E-state index contributed by atoms with van der Waals surface area (Å²) in [6.07, 6.45) is 2.58. The second kappa shape index (κ2) is 8.85. The van der Waals surface area contributed by atoms with Crippen molar-refractivity contribution in [1.29, 1.82) is 0 Å². The Morgan fingerprint density at radius 3 is 2.32 bits per heavy atom. The van der Waals surface area contributed by atoms with Crippen LogP contribution in [-0.4, -0.2) is 24.0 Å². The first-order chi connectivity index (χ1) is 15.0. The molecule has 1 aromatic heterocycles. The molecule has 0 unspecified atom stereocenters. The Morgan fingerprint density at radius 2 is 1.65 bits per heavy atom. The number of carbonyl (C=O) groups excluding carboxylic acids is 1. The SMILES string of the molecule is COc1ccc2c(Oc3ccc(/C=C/C(=O)O)cc3)c(C(=O)c3ccccc3)sc2c1. The number of methoxy groups -OCH3 is 1. The number of rotatable bonds is 7. The van der Waals surface area contributed by atoms with Gasteiger partial charge in [0.05, 0.1) is 7.11 Å². The highest BCUT2D eigenvalue weighted by Crippen LogP contribution is 2.42. The van der Waals surface area contributed by atoms with Crippen LogP contribution in [0.2, 0.25) is 0 Å². The number of fused-ring (bicyclic) bond motifs is 1. The third-order valence-corrected chi connectivity index (χ3v) is 5.74. The molecule has 1 N–H and O–H groups in total. The zero-order valence-electron chi connectivity index (χ0n) is 16.6. The predicted molar refractivity (Wildman–Crippen MR) is 121 cm³/mol. The first-order valence-corrected chi connectivity index (χ1v) is 10.3. The van der Waals surface area contributed by atoms with E-state index in [2.05, 4.69) is 0 Å². The maximum Gasteiger partial charge on any atom is 0.328 e. The maximum absolute atomic E-state index is 13.2. The molecular formula is C25H18O5S. The van der Waals surface area contributed by atoms with Crippen LogP contribution in [0.15, 0.2) is 78.9 Å². The minimum Gasteiger partial charge on any atom is -0.497 e. The standard InChI is InChI=1S/C25H18O5S/c1-29-19-12-13-20-21(15-19)31-25(23(28)17-5-3-2-4-6-17)24(20)30-18-10-7-16(8-11-18)9-14-22(26)27/h2-15H,1H3,(H,26,27)/b14-9+. The van der Waals surface area contributed by atoms with Crippen molar-refractivity contribution in [1.82, 2.24) is 0 Å². The van der Waals surface area contributed by atoms with E-state index in [1.807, 2.05) is 36.4 Å². The van der Waals surface area contributed by atoms with Crippen LogP contribution in [0.1, 0.15) is 20.8 Å². The number of aliphatic carboxylic acids is 1. The molecule has 0 saturated heterocycles. The van der Waals surface area contributed by atoms with Crippen molar-refractivity contribution in [3.05, 3.63) is 94.9 Å². The van der Waals surface area contributed by atoms with Crippen LogP contribution < -0.4 is 9.47 Å². The molecule has 0 fully saturated rings. The van der Waals surface area contributed by atoms with Crippen LogP contribution in [0.3, 0.4) is 0 Å². The van der Waals surface area contributed by atoms with Crippen molar-refractivity contribution < 1.29 is 24.2 Å². The quantitative estimate of drug-likeness (QED) is 0.286. The molecule has 0 amide bonds. The van der Waals surface area contributed by atoms with Crippen molar-refractivity contribution in [3.63, 3.8) is 0 Å². The van der Waals surface area contributed by atoms with Gasteiger partial charge in [-0.25, -0.2) is 4.79 Å². The summed E-state index contributed by atoms with van der Waals surface area (Å²) >= 11 is 1.36. The fraction of sp³-hybridized carbons (Fsp3) is 0.0400. The second-order valence-corrected chi connectivity index (χ2v) is 7.71. The summed E-state index contributed by atoms with van der Waals surface area (Å²) in [5.41, 5.74) is 1.32. The lowest BCUT2D eigenvalue weighted by Gasteiger charge is -2.08. The molecule has 0 radical (unpaired) electrons. The molecule has 0 spiro atoms. The van der Waals surface area contributed by atoms with E-state index in [1.54, 1.807) is 43.5 Å². The normalized spacial score (nSPS) is 11.0. The minimum atomic E-state index is -1.01.